The van der Waals surface area contributed by atoms with Gasteiger partial charge >= 0.3 is 7.60 Å². The van der Waals surface area contributed by atoms with E-state index in [-0.39, 0.29) is 15.6 Å². The summed E-state index contributed by atoms with van der Waals surface area (Å²) in [6.45, 7) is 0. The first-order valence-electron chi connectivity index (χ1n) is 8.01. The highest BCUT2D eigenvalue weighted by atomic mass is 32.2. The fraction of sp³-hybridized carbons (Fsp3) is 0.125. The minimum Gasteiger partial charge on any atom is -0.423 e. The highest BCUT2D eigenvalue weighted by Gasteiger charge is 2.34. The Kier molecular flexibility index (Phi) is 6.03. The molecule has 0 aliphatic rings. The normalized spacial score (nSPS) is 14.0. The van der Waals surface area contributed by atoms with Crippen LogP contribution < -0.4 is 10.4 Å². The molecule has 0 amide bonds. The molecule has 154 valence electrons. The zero-order chi connectivity index (χ0) is 21.2. The van der Waals surface area contributed by atoms with Crippen molar-refractivity contribution in [2.45, 2.75) is 4.21 Å². The molecule has 1 atom stereocenters. The van der Waals surface area contributed by atoms with Crippen LogP contribution in [0.4, 0.5) is 5.69 Å². The van der Waals surface area contributed by atoms with E-state index < -0.39 is 28.8 Å². The number of benzene rings is 2. The minimum atomic E-state index is -4.11. The summed E-state index contributed by atoms with van der Waals surface area (Å²) >= 11 is 1.08. The molecule has 3 aromatic rings. The van der Waals surface area contributed by atoms with Crippen molar-refractivity contribution in [2.75, 3.05) is 13.3 Å². The lowest BCUT2D eigenvalue weighted by atomic mass is 10.3. The minimum absolute atomic E-state index is 0.0166. The van der Waals surface area contributed by atoms with Gasteiger partial charge in [0.15, 0.2) is 0 Å². The van der Waals surface area contributed by atoms with Crippen LogP contribution in [0.1, 0.15) is 0 Å². The van der Waals surface area contributed by atoms with Gasteiger partial charge in [0, 0.05) is 23.9 Å². The Morgan fingerprint density at radius 2 is 1.86 bits per heavy atom. The number of nitrogens with zero attached hydrogens (tertiary/aromatic N) is 2. The van der Waals surface area contributed by atoms with Gasteiger partial charge in [0.1, 0.15) is 16.2 Å². The van der Waals surface area contributed by atoms with Gasteiger partial charge in [0.2, 0.25) is 0 Å². The smallest absolute Gasteiger partial charge is 0.410 e. The molecule has 1 unspecified atom stereocenters. The van der Waals surface area contributed by atoms with Crippen molar-refractivity contribution >= 4 is 44.7 Å². The fourth-order valence-corrected chi connectivity index (χ4v) is 7.01. The van der Waals surface area contributed by atoms with E-state index in [1.807, 2.05) is 0 Å². The van der Waals surface area contributed by atoms with Gasteiger partial charge in [-0.3, -0.25) is 10.1 Å². The first kappa shape index (κ1) is 21.4. The van der Waals surface area contributed by atoms with Crippen LogP contribution in [0.2, 0.25) is 0 Å². The zero-order valence-corrected chi connectivity index (χ0v) is 17.5. The fourth-order valence-electron chi connectivity index (χ4n) is 2.43. The van der Waals surface area contributed by atoms with Gasteiger partial charge in [-0.1, -0.05) is 18.2 Å². The van der Waals surface area contributed by atoms with Gasteiger partial charge in [-0.15, -0.1) is 11.3 Å². The maximum atomic E-state index is 12.9. The molecular formula is C16H16N3O7PS2. The molecule has 10 nitrogen and oxygen atoms in total. The quantitative estimate of drug-likeness (QED) is 0.307. The van der Waals surface area contributed by atoms with E-state index >= 15 is 0 Å². The topological polar surface area (TPSA) is 142 Å². The average Bonchev–Trinajstić information content (AvgIpc) is 3.13. The predicted molar refractivity (Wildman–Crippen MR) is 108 cm³/mol. The summed E-state index contributed by atoms with van der Waals surface area (Å²) in [7, 11) is -6.86. The van der Waals surface area contributed by atoms with Crippen LogP contribution >= 0.6 is 18.9 Å². The van der Waals surface area contributed by atoms with Crippen LogP contribution in [0.25, 0.3) is 10.1 Å². The standard InChI is InChI=1S/C16H16N3O7PS2/c1-18(29(23,24)16-10-12-4-2-3-5-15(12)28-16)11-27(22,26-17)25-14-8-6-13(7-9-14)19(20)21/h2-10H,11,17H2,1H3. The SMILES string of the molecule is CN(CP(=O)(ON)Oc1ccc([N+](=O)[O-])cc1)S(=O)(=O)c1cc2ccccc2s1. The number of non-ortho nitro benzene ring substituents is 1. The van der Waals surface area contributed by atoms with Crippen LogP contribution in [0.3, 0.4) is 0 Å². The molecule has 1 aromatic heterocycles. The van der Waals surface area contributed by atoms with E-state index in [4.69, 9.17) is 10.4 Å². The number of thiophene rings is 1. The van der Waals surface area contributed by atoms with E-state index in [9.17, 15) is 23.1 Å². The van der Waals surface area contributed by atoms with Crippen molar-refractivity contribution in [3.05, 3.63) is 64.7 Å². The van der Waals surface area contributed by atoms with Crippen LogP contribution in [0, 0.1) is 10.1 Å². The maximum Gasteiger partial charge on any atom is 0.410 e. The van der Waals surface area contributed by atoms with Crippen molar-refractivity contribution in [2.24, 2.45) is 5.90 Å². The van der Waals surface area contributed by atoms with Gasteiger partial charge in [-0.2, -0.15) is 4.31 Å². The number of nitro groups is 1. The number of hydrogen-bond acceptors (Lipinski definition) is 9. The summed E-state index contributed by atoms with van der Waals surface area (Å²) in [4.78, 5) is 10.1. The zero-order valence-electron chi connectivity index (χ0n) is 15.0. The number of sulfonamides is 1. The monoisotopic (exact) mass is 457 g/mol. The van der Waals surface area contributed by atoms with Crippen molar-refractivity contribution in [1.82, 2.24) is 4.31 Å². The number of nitrogens with two attached hydrogens (primary N) is 1. The molecule has 29 heavy (non-hydrogen) atoms. The molecule has 1 heterocycles. The lowest BCUT2D eigenvalue weighted by molar-refractivity contribution is -0.384. The second kappa shape index (κ2) is 8.19. The molecule has 0 saturated carbocycles. The summed E-state index contributed by atoms with van der Waals surface area (Å²) in [5, 5.41) is 11.5. The number of nitro benzene ring substituents is 1. The van der Waals surface area contributed by atoms with E-state index in [0.29, 0.717) is 0 Å². The largest absolute Gasteiger partial charge is 0.423 e. The highest BCUT2D eigenvalue weighted by Crippen LogP contribution is 2.48. The number of rotatable bonds is 8. The molecule has 0 aliphatic heterocycles. The number of fused-ring (bicyclic) bond motifs is 1. The van der Waals surface area contributed by atoms with Gasteiger partial charge in [-0.05, 0) is 29.7 Å². The molecule has 0 spiro atoms. The Bertz CT molecular complexity index is 1160. The predicted octanol–water partition coefficient (Wildman–Crippen LogP) is 3.55. The molecule has 0 fully saturated rings. The van der Waals surface area contributed by atoms with Crippen molar-refractivity contribution in [1.29, 1.82) is 0 Å². The Balaban J connectivity index is 1.81. The lowest BCUT2D eigenvalue weighted by Crippen LogP contribution is -2.29. The molecule has 0 bridgehead atoms. The molecular weight excluding hydrogens is 441 g/mol. The summed E-state index contributed by atoms with van der Waals surface area (Å²) in [5.74, 6) is 5.09. The Hall–Kier alpha value is -2.34. The van der Waals surface area contributed by atoms with Gasteiger partial charge in [0.05, 0.1) is 4.92 Å². The summed E-state index contributed by atoms with van der Waals surface area (Å²) < 4.78 is 49.9. The lowest BCUT2D eigenvalue weighted by Gasteiger charge is -2.22. The molecule has 13 heteroatoms. The van der Waals surface area contributed by atoms with E-state index in [2.05, 4.69) is 4.62 Å². The van der Waals surface area contributed by atoms with Gasteiger partial charge in [0.25, 0.3) is 15.7 Å². The third-order valence-electron chi connectivity index (χ3n) is 3.89. The van der Waals surface area contributed by atoms with Gasteiger partial charge in [-0.25, -0.2) is 23.5 Å². The molecule has 2 N–H and O–H groups in total. The molecule has 0 aliphatic carbocycles. The highest BCUT2D eigenvalue weighted by molar-refractivity contribution is 7.91. The second-order valence-corrected chi connectivity index (χ2v) is 11.2. The van der Waals surface area contributed by atoms with Crippen molar-refractivity contribution < 1.29 is 27.1 Å². The van der Waals surface area contributed by atoms with Crippen LogP contribution in [0.15, 0.2) is 58.8 Å². The molecule has 0 radical (unpaired) electrons. The van der Waals surface area contributed by atoms with E-state index in [1.54, 1.807) is 24.3 Å². The van der Waals surface area contributed by atoms with Crippen LogP contribution in [-0.4, -0.2) is 31.0 Å². The molecule has 0 saturated heterocycles. The van der Waals surface area contributed by atoms with Crippen molar-refractivity contribution in [3.63, 3.8) is 0 Å². The Labute approximate surface area is 170 Å². The first-order chi connectivity index (χ1) is 13.6. The van der Waals surface area contributed by atoms with E-state index in [1.165, 1.54) is 25.2 Å². The van der Waals surface area contributed by atoms with Crippen LogP contribution in [-0.2, 0) is 19.2 Å². The molecule has 3 rings (SSSR count). The number of hydrogen-bond donors (Lipinski definition) is 1. The van der Waals surface area contributed by atoms with Gasteiger partial charge < -0.3 is 4.52 Å². The third kappa shape index (κ3) is 4.64. The third-order valence-corrected chi connectivity index (χ3v) is 9.03. The summed E-state index contributed by atoms with van der Waals surface area (Å²) in [6, 6.07) is 13.4. The van der Waals surface area contributed by atoms with Crippen LogP contribution in [0.5, 0.6) is 5.75 Å². The van der Waals surface area contributed by atoms with E-state index in [0.717, 1.165) is 37.9 Å². The van der Waals surface area contributed by atoms with Crippen molar-refractivity contribution in [3.8, 4) is 5.75 Å². The summed E-state index contributed by atoms with van der Waals surface area (Å²) in [6.07, 6.45) is -0.656. The average molecular weight is 457 g/mol. The Morgan fingerprint density at radius 3 is 2.45 bits per heavy atom. The maximum absolute atomic E-state index is 12.9. The second-order valence-electron chi connectivity index (χ2n) is 5.91. The molecule has 2 aromatic carbocycles. The first-order valence-corrected chi connectivity index (χ1v) is 12.0. The summed E-state index contributed by atoms with van der Waals surface area (Å²) in [5.41, 5.74) is -0.190. The Morgan fingerprint density at radius 1 is 1.21 bits per heavy atom.